The summed E-state index contributed by atoms with van der Waals surface area (Å²) in [6.07, 6.45) is 2.78. The molecule has 1 aromatic carbocycles. The average molecular weight is 393 g/mol. The maximum atomic E-state index is 10.5. The maximum Gasteiger partial charge on any atom is 0.164 e. The predicted octanol–water partition coefficient (Wildman–Crippen LogP) is 1.26. The molecule has 0 amide bonds. The minimum atomic E-state index is -1.14. The molecule has 0 saturated carbocycles. The number of aliphatic hydroxyl groups excluding tert-OH is 2. The minimum Gasteiger partial charge on any atom is -0.491 e. The summed E-state index contributed by atoms with van der Waals surface area (Å²) >= 11 is 0. The molecule has 4 heterocycles. The van der Waals surface area contributed by atoms with Gasteiger partial charge in [-0.2, -0.15) is 0 Å². The molecule has 1 aliphatic rings. The van der Waals surface area contributed by atoms with E-state index >= 15 is 0 Å². The molecule has 1 aliphatic heterocycles. The van der Waals surface area contributed by atoms with Crippen molar-refractivity contribution in [3.63, 3.8) is 0 Å². The van der Waals surface area contributed by atoms with Gasteiger partial charge in [-0.25, -0.2) is 9.97 Å². The van der Waals surface area contributed by atoms with Gasteiger partial charge in [-0.15, -0.1) is 0 Å². The van der Waals surface area contributed by atoms with Gasteiger partial charge in [0.05, 0.1) is 5.39 Å². The highest BCUT2D eigenvalue weighted by molar-refractivity contribution is 5.86. The summed E-state index contributed by atoms with van der Waals surface area (Å²) in [5.74, 6) is 0.984. The third-order valence-electron chi connectivity index (χ3n) is 5.18. The number of nitrogen functional groups attached to an aromatic ring is 1. The predicted molar refractivity (Wildman–Crippen MR) is 105 cm³/mol. The number of nitrogens with two attached hydrogens (primary N) is 1. The normalized spacial score (nSPS) is 24.3. The molecule has 0 spiro atoms. The van der Waals surface area contributed by atoms with E-state index in [9.17, 15) is 10.2 Å². The summed E-state index contributed by atoms with van der Waals surface area (Å²) in [6.45, 7) is 0.0850. The van der Waals surface area contributed by atoms with Crippen molar-refractivity contribution in [2.24, 2.45) is 0 Å². The smallest absolute Gasteiger partial charge is 0.164 e. The number of ether oxygens (including phenoxy) is 2. The second-order valence-electron chi connectivity index (χ2n) is 6.96. The van der Waals surface area contributed by atoms with Crippen LogP contribution in [0.1, 0.15) is 6.23 Å². The zero-order valence-electron chi connectivity index (χ0n) is 15.3. The van der Waals surface area contributed by atoms with Crippen molar-refractivity contribution < 1.29 is 19.7 Å². The van der Waals surface area contributed by atoms with Crippen molar-refractivity contribution in [1.82, 2.24) is 19.5 Å². The lowest BCUT2D eigenvalue weighted by Crippen LogP contribution is -2.34. The molecule has 1 fully saturated rings. The Morgan fingerprint density at radius 1 is 1.10 bits per heavy atom. The van der Waals surface area contributed by atoms with Crippen LogP contribution in [0.3, 0.4) is 0 Å². The highest BCUT2D eigenvalue weighted by atomic mass is 16.6. The highest BCUT2D eigenvalue weighted by Gasteiger charge is 2.44. The molecule has 3 aromatic heterocycles. The topological polar surface area (TPSA) is 129 Å². The fourth-order valence-electron chi connectivity index (χ4n) is 3.62. The van der Waals surface area contributed by atoms with Crippen molar-refractivity contribution in [1.29, 1.82) is 0 Å². The summed E-state index contributed by atoms with van der Waals surface area (Å²) in [5, 5.41) is 23.7. The number of pyridine rings is 1. The number of aliphatic hydroxyl groups is 2. The maximum absolute atomic E-state index is 10.5. The third kappa shape index (κ3) is 3.05. The first-order valence-electron chi connectivity index (χ1n) is 9.17. The largest absolute Gasteiger partial charge is 0.491 e. The number of anilines is 1. The Hall–Kier alpha value is -3.27. The fraction of sp³-hybridized carbons (Fsp3) is 0.250. The van der Waals surface area contributed by atoms with Gasteiger partial charge in [0.25, 0.3) is 0 Å². The number of hydrogen-bond donors (Lipinski definition) is 3. The van der Waals surface area contributed by atoms with Crippen LogP contribution in [-0.2, 0) is 4.74 Å². The number of fused-ring (bicyclic) bond motifs is 2. The number of rotatable bonds is 4. The van der Waals surface area contributed by atoms with Crippen LogP contribution in [0, 0.1) is 0 Å². The lowest BCUT2D eigenvalue weighted by Gasteiger charge is -2.17. The number of nitrogens with zero attached hydrogens (tertiary/aromatic N) is 4. The van der Waals surface area contributed by atoms with Gasteiger partial charge in [0, 0.05) is 24.0 Å². The standard InChI is InChI=1S/C20H19N5O4/c21-18-14-4-6-25(19(14)24-10-23-18)20-17(27)16(26)15(29-20)9-28-13-2-1-12-8-22-5-3-11(12)7-13/h1-8,10,15-17,20,26-27H,9H2,(H2,21,23,24)/t15-,16-,17-,20-/m1/s1. The van der Waals surface area contributed by atoms with Crippen molar-refractivity contribution in [2.75, 3.05) is 12.3 Å². The van der Waals surface area contributed by atoms with E-state index < -0.39 is 24.5 Å². The van der Waals surface area contributed by atoms with E-state index in [1.165, 1.54) is 6.33 Å². The van der Waals surface area contributed by atoms with E-state index in [1.807, 2.05) is 24.3 Å². The van der Waals surface area contributed by atoms with E-state index in [4.69, 9.17) is 15.2 Å². The highest BCUT2D eigenvalue weighted by Crippen LogP contribution is 2.33. The van der Waals surface area contributed by atoms with E-state index in [2.05, 4.69) is 15.0 Å². The van der Waals surface area contributed by atoms with Crippen LogP contribution in [0.15, 0.2) is 55.2 Å². The molecular formula is C20H19N5O4. The molecule has 0 unspecified atom stereocenters. The van der Waals surface area contributed by atoms with Crippen LogP contribution in [-0.4, -0.2) is 54.7 Å². The van der Waals surface area contributed by atoms with Gasteiger partial charge in [-0.1, -0.05) is 0 Å². The Kier molecular flexibility index (Phi) is 4.27. The molecule has 29 heavy (non-hydrogen) atoms. The molecule has 4 aromatic rings. The van der Waals surface area contributed by atoms with Gasteiger partial charge in [-0.05, 0) is 35.7 Å². The van der Waals surface area contributed by atoms with Gasteiger partial charge in [-0.3, -0.25) is 4.98 Å². The third-order valence-corrected chi connectivity index (χ3v) is 5.18. The number of hydrogen-bond acceptors (Lipinski definition) is 8. The van der Waals surface area contributed by atoms with Gasteiger partial charge in [0.1, 0.15) is 48.5 Å². The molecule has 148 valence electrons. The summed E-state index contributed by atoms with van der Waals surface area (Å²) in [7, 11) is 0. The summed E-state index contributed by atoms with van der Waals surface area (Å²) < 4.78 is 13.4. The molecule has 1 saturated heterocycles. The van der Waals surface area contributed by atoms with Crippen molar-refractivity contribution in [2.45, 2.75) is 24.5 Å². The van der Waals surface area contributed by atoms with Gasteiger partial charge in [0.2, 0.25) is 0 Å². The summed E-state index contributed by atoms with van der Waals surface area (Å²) in [6, 6.07) is 9.29. The lowest BCUT2D eigenvalue weighted by molar-refractivity contribution is -0.0471. The summed E-state index contributed by atoms with van der Waals surface area (Å²) in [5.41, 5.74) is 6.39. The molecule has 0 bridgehead atoms. The van der Waals surface area contributed by atoms with E-state index in [-0.39, 0.29) is 6.61 Å². The minimum absolute atomic E-state index is 0.0850. The Labute approximate surface area is 165 Å². The SMILES string of the molecule is Nc1ncnc2c1ccn2[C@@H]1O[C@H](COc2ccc3cnccc3c2)[C@@H](O)[C@H]1O. The molecule has 4 N–H and O–H groups in total. The van der Waals surface area contributed by atoms with Crippen molar-refractivity contribution in [3.8, 4) is 5.75 Å². The van der Waals surface area contributed by atoms with Crippen LogP contribution < -0.4 is 10.5 Å². The second-order valence-corrected chi connectivity index (χ2v) is 6.96. The van der Waals surface area contributed by atoms with E-state index in [0.29, 0.717) is 22.6 Å². The van der Waals surface area contributed by atoms with Crippen molar-refractivity contribution in [3.05, 3.63) is 55.2 Å². The Bertz CT molecular complexity index is 1180. The molecule has 5 rings (SSSR count). The Balaban J connectivity index is 1.34. The Morgan fingerprint density at radius 3 is 2.90 bits per heavy atom. The fourth-order valence-corrected chi connectivity index (χ4v) is 3.62. The lowest BCUT2D eigenvalue weighted by atomic mass is 10.1. The van der Waals surface area contributed by atoms with Gasteiger partial charge < -0.3 is 30.0 Å². The van der Waals surface area contributed by atoms with Gasteiger partial charge >= 0.3 is 0 Å². The number of aromatic nitrogens is 4. The molecule has 0 radical (unpaired) electrons. The van der Waals surface area contributed by atoms with Crippen LogP contribution in [0.25, 0.3) is 21.8 Å². The quantitative estimate of drug-likeness (QED) is 0.473. The average Bonchev–Trinajstić information content (AvgIpc) is 3.29. The first-order valence-corrected chi connectivity index (χ1v) is 9.17. The van der Waals surface area contributed by atoms with Crippen LogP contribution >= 0.6 is 0 Å². The monoisotopic (exact) mass is 393 g/mol. The zero-order valence-corrected chi connectivity index (χ0v) is 15.3. The second kappa shape index (κ2) is 6.96. The van der Waals surface area contributed by atoms with Crippen LogP contribution in [0.5, 0.6) is 5.75 Å². The molecule has 9 heteroatoms. The molecule has 9 nitrogen and oxygen atoms in total. The van der Waals surface area contributed by atoms with Crippen LogP contribution in [0.4, 0.5) is 5.82 Å². The van der Waals surface area contributed by atoms with E-state index in [1.54, 1.807) is 29.2 Å². The molecule has 4 atom stereocenters. The first-order chi connectivity index (χ1) is 14.1. The van der Waals surface area contributed by atoms with Crippen LogP contribution in [0.2, 0.25) is 0 Å². The molecule has 0 aliphatic carbocycles. The Morgan fingerprint density at radius 2 is 2.00 bits per heavy atom. The van der Waals surface area contributed by atoms with Crippen molar-refractivity contribution >= 4 is 27.6 Å². The first kappa shape index (κ1) is 17.8. The van der Waals surface area contributed by atoms with E-state index in [0.717, 1.165) is 10.8 Å². The number of benzene rings is 1. The van der Waals surface area contributed by atoms with Gasteiger partial charge in [0.15, 0.2) is 6.23 Å². The zero-order chi connectivity index (χ0) is 20.0. The molecular weight excluding hydrogens is 374 g/mol. The summed E-state index contributed by atoms with van der Waals surface area (Å²) in [4.78, 5) is 12.3.